The van der Waals surface area contributed by atoms with Gasteiger partial charge in [0.2, 0.25) is 0 Å². The van der Waals surface area contributed by atoms with Gasteiger partial charge < -0.3 is 9.97 Å². The van der Waals surface area contributed by atoms with E-state index in [1.165, 1.54) is 30.3 Å². The van der Waals surface area contributed by atoms with Crippen LogP contribution in [0.15, 0.2) is 97.1 Å². The molecule has 0 unspecified atom stereocenters. The van der Waals surface area contributed by atoms with Gasteiger partial charge in [-0.1, -0.05) is 48.5 Å². The molecular weight excluding hydrogens is 513 g/mol. The molecule has 0 saturated heterocycles. The van der Waals surface area contributed by atoms with Crippen molar-refractivity contribution < 1.29 is 0 Å². The fourth-order valence-corrected chi connectivity index (χ4v) is 8.20. The third-order valence-electron chi connectivity index (χ3n) is 6.53. The molecule has 0 aliphatic heterocycles. The van der Waals surface area contributed by atoms with Crippen molar-refractivity contribution in [1.82, 2.24) is 19.9 Å². The molecule has 3 aromatic carbocycles. The van der Waals surface area contributed by atoms with Crippen LogP contribution in [0.5, 0.6) is 0 Å². The first-order valence-corrected chi connectivity index (χ1v) is 14.4. The molecule has 0 aliphatic rings. The molecule has 37 heavy (non-hydrogen) atoms. The Balaban J connectivity index is 1.21. The number of para-hydroxylation sites is 4. The summed E-state index contributed by atoms with van der Waals surface area (Å²) in [6.07, 6.45) is 0. The number of fused-ring (bicyclic) bond motifs is 3. The van der Waals surface area contributed by atoms with Crippen molar-refractivity contribution in [2.75, 3.05) is 0 Å². The van der Waals surface area contributed by atoms with Gasteiger partial charge in [0.25, 0.3) is 0 Å². The lowest BCUT2D eigenvalue weighted by atomic mass is 10.1. The van der Waals surface area contributed by atoms with Crippen LogP contribution >= 0.6 is 34.0 Å². The summed E-state index contributed by atoms with van der Waals surface area (Å²) in [4.78, 5) is 24.0. The van der Waals surface area contributed by atoms with Crippen LogP contribution in [0, 0.1) is 0 Å². The van der Waals surface area contributed by atoms with E-state index in [4.69, 9.17) is 9.97 Å². The standard InChI is InChI=1S/C30H18N4S3/c1-2-8-18-17(7-1)27(23-13-15-25(35-23)29-31-19-9-3-4-10-20(19)32-29)37-28(18)24-14-16-26(36-24)30-33-21-11-5-6-12-22(21)34-30/h1-16H,(H,31,32)(H,33,34). The second kappa shape index (κ2) is 8.24. The topological polar surface area (TPSA) is 57.4 Å². The summed E-state index contributed by atoms with van der Waals surface area (Å²) < 4.78 is 0. The van der Waals surface area contributed by atoms with E-state index in [9.17, 15) is 0 Å². The molecule has 0 radical (unpaired) electrons. The molecule has 0 fully saturated rings. The number of thiophene rings is 3. The second-order valence-corrected chi connectivity index (χ2v) is 12.0. The van der Waals surface area contributed by atoms with E-state index in [2.05, 4.69) is 70.6 Å². The Kier molecular flexibility index (Phi) is 4.70. The molecule has 7 heteroatoms. The lowest BCUT2D eigenvalue weighted by Crippen LogP contribution is -1.72. The minimum atomic E-state index is 0.923. The summed E-state index contributed by atoms with van der Waals surface area (Å²) in [5.41, 5.74) is 4.12. The molecule has 2 N–H and O–H groups in total. The maximum Gasteiger partial charge on any atom is 0.148 e. The zero-order valence-electron chi connectivity index (χ0n) is 19.4. The number of nitrogens with one attached hydrogen (secondary N) is 2. The maximum atomic E-state index is 4.80. The van der Waals surface area contributed by atoms with Crippen molar-refractivity contribution in [2.24, 2.45) is 0 Å². The van der Waals surface area contributed by atoms with Crippen molar-refractivity contribution >= 4 is 66.8 Å². The molecule has 5 aromatic heterocycles. The zero-order valence-corrected chi connectivity index (χ0v) is 21.8. The average molecular weight is 531 g/mol. The summed E-state index contributed by atoms with van der Waals surface area (Å²) in [5, 5.41) is 2.58. The third-order valence-corrected chi connectivity index (χ3v) is 10.3. The Morgan fingerprint density at radius 3 is 1.35 bits per heavy atom. The molecule has 8 rings (SSSR count). The smallest absolute Gasteiger partial charge is 0.148 e. The number of H-pyrrole nitrogens is 2. The highest BCUT2D eigenvalue weighted by atomic mass is 32.1. The van der Waals surface area contributed by atoms with Crippen molar-refractivity contribution in [3.63, 3.8) is 0 Å². The Morgan fingerprint density at radius 2 is 0.865 bits per heavy atom. The van der Waals surface area contributed by atoms with Crippen LogP contribution in [0.25, 0.3) is 73.8 Å². The van der Waals surface area contributed by atoms with Gasteiger partial charge in [-0.3, -0.25) is 0 Å². The van der Waals surface area contributed by atoms with Crippen molar-refractivity contribution in [2.45, 2.75) is 0 Å². The van der Waals surface area contributed by atoms with E-state index >= 15 is 0 Å². The lowest BCUT2D eigenvalue weighted by molar-refractivity contribution is 1.36. The number of benzene rings is 3. The predicted octanol–water partition coefficient (Wildman–Crippen LogP) is 9.44. The number of rotatable bonds is 4. The van der Waals surface area contributed by atoms with Crippen LogP contribution in [0.3, 0.4) is 0 Å². The predicted molar refractivity (Wildman–Crippen MR) is 159 cm³/mol. The molecule has 0 amide bonds. The highest BCUT2D eigenvalue weighted by Gasteiger charge is 2.18. The fraction of sp³-hybridized carbons (Fsp3) is 0. The molecular formula is C30H18N4S3. The monoisotopic (exact) mass is 530 g/mol. The Labute approximate surface area is 223 Å². The first-order valence-electron chi connectivity index (χ1n) is 11.9. The van der Waals surface area contributed by atoms with Crippen LogP contribution in [0.1, 0.15) is 0 Å². The van der Waals surface area contributed by atoms with Crippen molar-refractivity contribution in [3.8, 4) is 40.9 Å². The quantitative estimate of drug-likeness (QED) is 0.238. The number of aromatic nitrogens is 4. The number of hydrogen-bond donors (Lipinski definition) is 2. The highest BCUT2D eigenvalue weighted by Crippen LogP contribution is 2.48. The Hall–Kier alpha value is -4.04. The largest absolute Gasteiger partial charge is 0.337 e. The van der Waals surface area contributed by atoms with E-state index in [1.807, 2.05) is 47.7 Å². The molecule has 0 saturated carbocycles. The summed E-state index contributed by atoms with van der Waals surface area (Å²) in [6.45, 7) is 0. The molecule has 0 atom stereocenters. The van der Waals surface area contributed by atoms with Gasteiger partial charge in [0, 0.05) is 20.5 Å². The molecule has 8 aromatic rings. The van der Waals surface area contributed by atoms with Crippen LogP contribution in [0.4, 0.5) is 0 Å². The third kappa shape index (κ3) is 3.47. The highest BCUT2D eigenvalue weighted by molar-refractivity contribution is 7.29. The summed E-state index contributed by atoms with van der Waals surface area (Å²) in [7, 11) is 0. The van der Waals surface area contributed by atoms with E-state index < -0.39 is 0 Å². The maximum absolute atomic E-state index is 4.80. The fourth-order valence-electron chi connectivity index (χ4n) is 4.77. The van der Waals surface area contributed by atoms with Crippen molar-refractivity contribution in [1.29, 1.82) is 0 Å². The van der Waals surface area contributed by atoms with E-state index in [0.717, 1.165) is 43.5 Å². The van der Waals surface area contributed by atoms with Crippen LogP contribution in [-0.2, 0) is 0 Å². The van der Waals surface area contributed by atoms with E-state index in [0.29, 0.717) is 0 Å². The van der Waals surface area contributed by atoms with Crippen molar-refractivity contribution in [3.05, 3.63) is 97.1 Å². The van der Waals surface area contributed by atoms with Gasteiger partial charge in [0.05, 0.1) is 41.6 Å². The van der Waals surface area contributed by atoms with E-state index in [1.54, 1.807) is 22.7 Å². The van der Waals surface area contributed by atoms with Gasteiger partial charge in [0.15, 0.2) is 0 Å². The number of hydrogen-bond acceptors (Lipinski definition) is 5. The summed E-state index contributed by atoms with van der Waals surface area (Å²) in [6, 6.07) is 33.9. The van der Waals surface area contributed by atoms with Crippen LogP contribution < -0.4 is 0 Å². The molecule has 4 nitrogen and oxygen atoms in total. The Morgan fingerprint density at radius 1 is 0.432 bits per heavy atom. The first kappa shape index (κ1) is 21.1. The zero-order chi connectivity index (χ0) is 24.3. The second-order valence-electron chi connectivity index (χ2n) is 8.84. The van der Waals surface area contributed by atoms with Crippen LogP contribution in [-0.4, -0.2) is 19.9 Å². The summed E-state index contributed by atoms with van der Waals surface area (Å²) in [5.74, 6) is 1.85. The normalized spacial score (nSPS) is 11.8. The molecule has 0 spiro atoms. The lowest BCUT2D eigenvalue weighted by Gasteiger charge is -1.95. The minimum Gasteiger partial charge on any atom is -0.337 e. The van der Waals surface area contributed by atoms with Gasteiger partial charge >= 0.3 is 0 Å². The number of aromatic amines is 2. The SMILES string of the molecule is c1ccc2[nH]c(-c3ccc(-c4sc(-c5ccc(-c6nc7ccccc7[nH]6)s5)c5ccccc45)s3)nc2c1. The first-order chi connectivity index (χ1) is 18.3. The number of imidazole rings is 2. The summed E-state index contributed by atoms with van der Waals surface area (Å²) >= 11 is 5.44. The molecule has 176 valence electrons. The van der Waals surface area contributed by atoms with Gasteiger partial charge in [0.1, 0.15) is 11.6 Å². The van der Waals surface area contributed by atoms with Gasteiger partial charge in [-0.15, -0.1) is 34.0 Å². The number of nitrogens with zero attached hydrogens (tertiary/aromatic N) is 2. The molecule has 5 heterocycles. The minimum absolute atomic E-state index is 0.923. The molecule has 0 aliphatic carbocycles. The average Bonchev–Trinajstić information content (AvgIpc) is 3.76. The van der Waals surface area contributed by atoms with Gasteiger partial charge in [-0.2, -0.15) is 0 Å². The Bertz CT molecular complexity index is 1850. The van der Waals surface area contributed by atoms with Crippen LogP contribution in [0.2, 0.25) is 0 Å². The van der Waals surface area contributed by atoms with E-state index in [-0.39, 0.29) is 0 Å². The molecule has 0 bridgehead atoms. The van der Waals surface area contributed by atoms with Gasteiger partial charge in [-0.05, 0) is 48.5 Å². The van der Waals surface area contributed by atoms with Gasteiger partial charge in [-0.25, -0.2) is 9.97 Å².